The molecule has 2 aromatic heterocycles. The summed E-state index contributed by atoms with van der Waals surface area (Å²) in [6.45, 7) is 6.25. The van der Waals surface area contributed by atoms with Gasteiger partial charge in [0.15, 0.2) is 0 Å². The van der Waals surface area contributed by atoms with Gasteiger partial charge < -0.3 is 0 Å². The minimum Gasteiger partial charge on any atom is -0.267 e. The van der Waals surface area contributed by atoms with Gasteiger partial charge in [-0.3, -0.25) is 9.67 Å². The molecule has 0 bridgehead atoms. The lowest BCUT2D eigenvalue weighted by Gasteiger charge is -2.01. The number of aromatic nitrogens is 3. The molecule has 2 rings (SSSR count). The van der Waals surface area contributed by atoms with E-state index in [1.165, 1.54) is 0 Å². The van der Waals surface area contributed by atoms with Crippen molar-refractivity contribution in [3.8, 4) is 0 Å². The topological polar surface area (TPSA) is 30.7 Å². The second-order valence-electron chi connectivity index (χ2n) is 3.62. The molecule has 0 aromatic carbocycles. The summed E-state index contributed by atoms with van der Waals surface area (Å²) < 4.78 is 1.94. The van der Waals surface area contributed by atoms with E-state index in [1.54, 1.807) is 0 Å². The molecular weight excluding hydrogens is 162 g/mol. The molecule has 2 heterocycles. The van der Waals surface area contributed by atoms with Crippen molar-refractivity contribution in [2.45, 2.75) is 26.8 Å². The van der Waals surface area contributed by atoms with Crippen LogP contribution >= 0.6 is 0 Å². The van der Waals surface area contributed by atoms with E-state index in [2.05, 4.69) is 30.0 Å². The molecule has 0 amide bonds. The van der Waals surface area contributed by atoms with E-state index in [-0.39, 0.29) is 0 Å². The lowest BCUT2D eigenvalue weighted by atomic mass is 10.3. The van der Waals surface area contributed by atoms with Gasteiger partial charge in [-0.05, 0) is 32.4 Å². The number of fused-ring (bicyclic) bond motifs is 1. The van der Waals surface area contributed by atoms with Crippen molar-refractivity contribution in [3.05, 3.63) is 24.0 Å². The molecule has 0 saturated heterocycles. The van der Waals surface area contributed by atoms with Gasteiger partial charge in [-0.2, -0.15) is 5.10 Å². The summed E-state index contributed by atoms with van der Waals surface area (Å²) in [6.07, 6.45) is 3.86. The third kappa shape index (κ3) is 1.41. The maximum absolute atomic E-state index is 4.43. The van der Waals surface area contributed by atoms with Crippen LogP contribution in [0.4, 0.5) is 0 Å². The number of aryl methyl sites for hydroxylation is 1. The Morgan fingerprint density at radius 2 is 2.08 bits per heavy atom. The third-order valence-corrected chi connectivity index (χ3v) is 2.04. The molecular formula is C10H13N3. The van der Waals surface area contributed by atoms with Crippen molar-refractivity contribution >= 4 is 11.0 Å². The summed E-state index contributed by atoms with van der Waals surface area (Å²) in [4.78, 5) is 4.30. The average Bonchev–Trinajstić information content (AvgIpc) is 2.46. The molecule has 0 fully saturated rings. The van der Waals surface area contributed by atoms with Gasteiger partial charge in [0.1, 0.15) is 11.0 Å². The van der Waals surface area contributed by atoms with Gasteiger partial charge >= 0.3 is 0 Å². The first-order chi connectivity index (χ1) is 6.16. The van der Waals surface area contributed by atoms with E-state index >= 15 is 0 Å². The molecule has 68 valence electrons. The van der Waals surface area contributed by atoms with E-state index in [0.29, 0.717) is 6.04 Å². The molecule has 0 aliphatic rings. The monoisotopic (exact) mass is 175 g/mol. The Morgan fingerprint density at radius 1 is 1.31 bits per heavy atom. The van der Waals surface area contributed by atoms with Gasteiger partial charge in [0.05, 0.1) is 6.20 Å². The summed E-state index contributed by atoms with van der Waals surface area (Å²) in [5.41, 5.74) is 3.11. The van der Waals surface area contributed by atoms with E-state index in [4.69, 9.17) is 0 Å². The summed E-state index contributed by atoms with van der Waals surface area (Å²) in [6, 6.07) is 2.45. The van der Waals surface area contributed by atoms with Crippen LogP contribution in [-0.2, 0) is 0 Å². The highest BCUT2D eigenvalue weighted by atomic mass is 15.3. The highest BCUT2D eigenvalue weighted by Gasteiger charge is 2.03. The summed E-state index contributed by atoms with van der Waals surface area (Å²) in [5, 5.41) is 4.43. The number of pyridine rings is 1. The Hall–Kier alpha value is -1.38. The van der Waals surface area contributed by atoms with Crippen molar-refractivity contribution in [2.75, 3.05) is 0 Å². The van der Waals surface area contributed by atoms with Crippen LogP contribution in [-0.4, -0.2) is 14.8 Å². The fourth-order valence-corrected chi connectivity index (χ4v) is 1.29. The SMILES string of the molecule is Cc1cnc2cn(C(C)C)nc2c1. The smallest absolute Gasteiger partial charge is 0.111 e. The molecule has 0 radical (unpaired) electrons. The average molecular weight is 175 g/mol. The zero-order chi connectivity index (χ0) is 9.42. The maximum atomic E-state index is 4.43. The zero-order valence-electron chi connectivity index (χ0n) is 8.15. The van der Waals surface area contributed by atoms with Crippen LogP contribution in [0.25, 0.3) is 11.0 Å². The van der Waals surface area contributed by atoms with Crippen molar-refractivity contribution in [2.24, 2.45) is 0 Å². The van der Waals surface area contributed by atoms with Gasteiger partial charge in [-0.1, -0.05) is 0 Å². The van der Waals surface area contributed by atoms with Gasteiger partial charge in [-0.25, -0.2) is 0 Å². The van der Waals surface area contributed by atoms with Crippen LogP contribution in [0.15, 0.2) is 18.5 Å². The molecule has 0 aliphatic carbocycles. The van der Waals surface area contributed by atoms with Gasteiger partial charge in [0.25, 0.3) is 0 Å². The predicted molar refractivity (Wildman–Crippen MR) is 52.7 cm³/mol. The Morgan fingerprint density at radius 3 is 2.77 bits per heavy atom. The van der Waals surface area contributed by atoms with Gasteiger partial charge in [0.2, 0.25) is 0 Å². The third-order valence-electron chi connectivity index (χ3n) is 2.04. The summed E-state index contributed by atoms with van der Waals surface area (Å²) in [7, 11) is 0. The maximum Gasteiger partial charge on any atom is 0.111 e. The minimum atomic E-state index is 0.398. The highest BCUT2D eigenvalue weighted by Crippen LogP contribution is 2.13. The van der Waals surface area contributed by atoms with E-state index in [0.717, 1.165) is 16.6 Å². The number of nitrogens with zero attached hydrogens (tertiary/aromatic N) is 3. The van der Waals surface area contributed by atoms with E-state index < -0.39 is 0 Å². The zero-order valence-corrected chi connectivity index (χ0v) is 8.15. The Balaban J connectivity index is 2.62. The first-order valence-electron chi connectivity index (χ1n) is 4.48. The van der Waals surface area contributed by atoms with Crippen LogP contribution in [0.5, 0.6) is 0 Å². The van der Waals surface area contributed by atoms with Crippen molar-refractivity contribution in [3.63, 3.8) is 0 Å². The summed E-state index contributed by atoms with van der Waals surface area (Å²) in [5.74, 6) is 0. The van der Waals surface area contributed by atoms with Gasteiger partial charge in [-0.15, -0.1) is 0 Å². The fraction of sp³-hybridized carbons (Fsp3) is 0.400. The molecule has 0 atom stereocenters. The van der Waals surface area contributed by atoms with Crippen molar-refractivity contribution in [1.29, 1.82) is 0 Å². The predicted octanol–water partition coefficient (Wildman–Crippen LogP) is 2.32. The van der Waals surface area contributed by atoms with Crippen LogP contribution in [0.1, 0.15) is 25.5 Å². The van der Waals surface area contributed by atoms with Crippen molar-refractivity contribution < 1.29 is 0 Å². The number of rotatable bonds is 1. The summed E-state index contributed by atoms with van der Waals surface area (Å²) >= 11 is 0. The van der Waals surface area contributed by atoms with E-state index in [9.17, 15) is 0 Å². The van der Waals surface area contributed by atoms with Crippen LogP contribution in [0, 0.1) is 6.92 Å². The Kier molecular flexibility index (Phi) is 1.79. The van der Waals surface area contributed by atoms with Crippen LogP contribution in [0.2, 0.25) is 0 Å². The highest BCUT2D eigenvalue weighted by molar-refractivity contribution is 5.73. The second kappa shape index (κ2) is 2.83. The van der Waals surface area contributed by atoms with Crippen molar-refractivity contribution in [1.82, 2.24) is 14.8 Å². The first-order valence-corrected chi connectivity index (χ1v) is 4.48. The Labute approximate surface area is 77.4 Å². The number of hydrogen-bond donors (Lipinski definition) is 0. The largest absolute Gasteiger partial charge is 0.267 e. The molecule has 0 spiro atoms. The molecule has 0 N–H and O–H groups in total. The Bertz CT molecular complexity index is 429. The molecule has 3 heteroatoms. The molecule has 13 heavy (non-hydrogen) atoms. The lowest BCUT2D eigenvalue weighted by Crippen LogP contribution is -1.99. The lowest BCUT2D eigenvalue weighted by molar-refractivity contribution is 0.537. The molecule has 0 unspecified atom stereocenters. The fourth-order valence-electron chi connectivity index (χ4n) is 1.29. The second-order valence-corrected chi connectivity index (χ2v) is 3.62. The minimum absolute atomic E-state index is 0.398. The van der Waals surface area contributed by atoms with Crippen LogP contribution in [0.3, 0.4) is 0 Å². The van der Waals surface area contributed by atoms with Crippen LogP contribution < -0.4 is 0 Å². The molecule has 2 aromatic rings. The molecule has 0 aliphatic heterocycles. The first kappa shape index (κ1) is 8.23. The normalized spacial score (nSPS) is 11.4. The quantitative estimate of drug-likeness (QED) is 0.666. The number of hydrogen-bond acceptors (Lipinski definition) is 2. The standard InChI is InChI=1S/C10H13N3/c1-7(2)13-6-10-9(12-13)4-8(3)5-11-10/h4-7H,1-3H3. The molecule has 3 nitrogen and oxygen atoms in total. The van der Waals surface area contributed by atoms with Gasteiger partial charge in [0, 0.05) is 12.2 Å². The molecule has 0 saturated carbocycles. The van der Waals surface area contributed by atoms with E-state index in [1.807, 2.05) is 24.0 Å².